The fourth-order valence-corrected chi connectivity index (χ4v) is 3.75. The van der Waals surface area contributed by atoms with Gasteiger partial charge in [-0.3, -0.25) is 4.79 Å². The fourth-order valence-electron chi connectivity index (χ4n) is 3.75. The van der Waals surface area contributed by atoms with Gasteiger partial charge in [0, 0.05) is 24.4 Å². The molecule has 2 aliphatic heterocycles. The standard InChI is InChI=1S/C22H25NO4/c1-25-18-9-10-21-16(13-18)6-3-11-23(21)22(24)17-5-2-7-19(14-17)27-15-20-8-4-12-26-20/h2,5,7,9-10,13-14,20H,3-4,6,8,11-12,15H2,1H3/t20-/m0/s1. The number of carbonyl (C=O) groups excluding carboxylic acids is 1. The van der Waals surface area contributed by atoms with Gasteiger partial charge in [0.25, 0.3) is 5.91 Å². The maximum atomic E-state index is 13.1. The topological polar surface area (TPSA) is 48.0 Å². The van der Waals surface area contributed by atoms with E-state index in [2.05, 4.69) is 0 Å². The Hall–Kier alpha value is -2.53. The average molecular weight is 367 g/mol. The van der Waals surface area contributed by atoms with Crippen LogP contribution in [0.5, 0.6) is 11.5 Å². The van der Waals surface area contributed by atoms with Crippen molar-refractivity contribution >= 4 is 11.6 Å². The summed E-state index contributed by atoms with van der Waals surface area (Å²) in [4.78, 5) is 15.0. The Morgan fingerprint density at radius 1 is 1.19 bits per heavy atom. The van der Waals surface area contributed by atoms with Crippen molar-refractivity contribution in [3.8, 4) is 11.5 Å². The Morgan fingerprint density at radius 3 is 2.93 bits per heavy atom. The Labute approximate surface area is 159 Å². The number of hydrogen-bond acceptors (Lipinski definition) is 4. The van der Waals surface area contributed by atoms with Crippen LogP contribution < -0.4 is 14.4 Å². The molecule has 0 aromatic heterocycles. The lowest BCUT2D eigenvalue weighted by atomic mass is 10.0. The smallest absolute Gasteiger partial charge is 0.258 e. The van der Waals surface area contributed by atoms with Crippen LogP contribution in [0.3, 0.4) is 0 Å². The molecule has 1 atom stereocenters. The van der Waals surface area contributed by atoms with E-state index in [0.717, 1.165) is 55.8 Å². The second-order valence-electron chi connectivity index (χ2n) is 7.03. The molecule has 0 spiro atoms. The SMILES string of the molecule is COc1ccc2c(c1)CCCN2C(=O)c1cccc(OC[C@@H]2CCCO2)c1. The molecule has 2 heterocycles. The van der Waals surface area contributed by atoms with E-state index in [9.17, 15) is 4.79 Å². The molecule has 5 heteroatoms. The molecule has 1 saturated heterocycles. The number of fused-ring (bicyclic) bond motifs is 1. The summed E-state index contributed by atoms with van der Waals surface area (Å²) in [7, 11) is 1.66. The molecule has 142 valence electrons. The maximum absolute atomic E-state index is 13.1. The Balaban J connectivity index is 1.50. The summed E-state index contributed by atoms with van der Waals surface area (Å²) in [5.74, 6) is 1.54. The molecular formula is C22H25NO4. The highest BCUT2D eigenvalue weighted by atomic mass is 16.5. The summed E-state index contributed by atoms with van der Waals surface area (Å²) in [6.45, 7) is 2.06. The normalized spacial score (nSPS) is 18.9. The van der Waals surface area contributed by atoms with Crippen LogP contribution in [0.25, 0.3) is 0 Å². The molecule has 5 nitrogen and oxygen atoms in total. The summed E-state index contributed by atoms with van der Waals surface area (Å²) in [6.07, 6.45) is 4.19. The third kappa shape index (κ3) is 3.93. The van der Waals surface area contributed by atoms with Crippen LogP contribution in [0.15, 0.2) is 42.5 Å². The van der Waals surface area contributed by atoms with Crippen molar-refractivity contribution in [1.82, 2.24) is 0 Å². The van der Waals surface area contributed by atoms with Gasteiger partial charge in [-0.05, 0) is 67.6 Å². The van der Waals surface area contributed by atoms with Crippen LogP contribution in [0.2, 0.25) is 0 Å². The van der Waals surface area contributed by atoms with Gasteiger partial charge in [0.05, 0.1) is 13.2 Å². The number of amides is 1. The largest absolute Gasteiger partial charge is 0.497 e. The zero-order valence-electron chi connectivity index (χ0n) is 15.6. The van der Waals surface area contributed by atoms with Crippen molar-refractivity contribution in [1.29, 1.82) is 0 Å². The Morgan fingerprint density at radius 2 is 2.11 bits per heavy atom. The van der Waals surface area contributed by atoms with Crippen molar-refractivity contribution in [3.63, 3.8) is 0 Å². The molecule has 0 bridgehead atoms. The molecule has 4 rings (SSSR count). The highest BCUT2D eigenvalue weighted by Gasteiger charge is 2.24. The molecule has 0 saturated carbocycles. The lowest BCUT2D eigenvalue weighted by Gasteiger charge is -2.30. The highest BCUT2D eigenvalue weighted by Crippen LogP contribution is 2.32. The van der Waals surface area contributed by atoms with Gasteiger partial charge in [-0.2, -0.15) is 0 Å². The van der Waals surface area contributed by atoms with E-state index >= 15 is 0 Å². The minimum Gasteiger partial charge on any atom is -0.497 e. The second-order valence-corrected chi connectivity index (χ2v) is 7.03. The quantitative estimate of drug-likeness (QED) is 0.805. The van der Waals surface area contributed by atoms with Crippen LogP contribution >= 0.6 is 0 Å². The fraction of sp³-hybridized carbons (Fsp3) is 0.409. The molecule has 2 aromatic rings. The predicted molar refractivity (Wildman–Crippen MR) is 104 cm³/mol. The van der Waals surface area contributed by atoms with Gasteiger partial charge in [-0.15, -0.1) is 0 Å². The molecule has 0 radical (unpaired) electrons. The third-order valence-electron chi connectivity index (χ3n) is 5.19. The number of anilines is 1. The number of hydrogen-bond donors (Lipinski definition) is 0. The van der Waals surface area contributed by atoms with Crippen LogP contribution in [-0.4, -0.2) is 38.9 Å². The van der Waals surface area contributed by atoms with E-state index in [-0.39, 0.29) is 12.0 Å². The van der Waals surface area contributed by atoms with Crippen LogP contribution in [-0.2, 0) is 11.2 Å². The zero-order chi connectivity index (χ0) is 18.6. The first-order chi connectivity index (χ1) is 13.2. The van der Waals surface area contributed by atoms with Gasteiger partial charge in [0.2, 0.25) is 0 Å². The number of nitrogens with zero attached hydrogens (tertiary/aromatic N) is 1. The molecule has 0 aliphatic carbocycles. The van der Waals surface area contributed by atoms with Crippen molar-refractivity contribution < 1.29 is 19.0 Å². The van der Waals surface area contributed by atoms with E-state index in [4.69, 9.17) is 14.2 Å². The van der Waals surface area contributed by atoms with Gasteiger partial charge < -0.3 is 19.1 Å². The predicted octanol–water partition coefficient (Wildman–Crippen LogP) is 3.85. The van der Waals surface area contributed by atoms with Crippen molar-refractivity contribution in [3.05, 3.63) is 53.6 Å². The number of benzene rings is 2. The average Bonchev–Trinajstić information content (AvgIpc) is 3.24. The lowest BCUT2D eigenvalue weighted by Crippen LogP contribution is -2.35. The summed E-state index contributed by atoms with van der Waals surface area (Å²) in [5, 5.41) is 0. The van der Waals surface area contributed by atoms with Gasteiger partial charge in [-0.1, -0.05) is 6.07 Å². The molecule has 0 N–H and O–H groups in total. The van der Waals surface area contributed by atoms with Crippen molar-refractivity contribution in [2.24, 2.45) is 0 Å². The number of methoxy groups -OCH3 is 1. The van der Waals surface area contributed by atoms with E-state index in [1.807, 2.05) is 47.4 Å². The van der Waals surface area contributed by atoms with Gasteiger partial charge in [-0.25, -0.2) is 0 Å². The summed E-state index contributed by atoms with van der Waals surface area (Å²) < 4.78 is 16.8. The number of rotatable bonds is 5. The first-order valence-electron chi connectivity index (χ1n) is 9.58. The molecule has 1 fully saturated rings. The second kappa shape index (κ2) is 8.01. The summed E-state index contributed by atoms with van der Waals surface area (Å²) >= 11 is 0. The number of aryl methyl sites for hydroxylation is 1. The van der Waals surface area contributed by atoms with Crippen LogP contribution in [0.1, 0.15) is 35.2 Å². The van der Waals surface area contributed by atoms with E-state index in [1.165, 1.54) is 0 Å². The van der Waals surface area contributed by atoms with Gasteiger partial charge in [0.15, 0.2) is 0 Å². The van der Waals surface area contributed by atoms with Crippen molar-refractivity contribution in [2.45, 2.75) is 31.8 Å². The maximum Gasteiger partial charge on any atom is 0.258 e. The van der Waals surface area contributed by atoms with E-state index < -0.39 is 0 Å². The summed E-state index contributed by atoms with van der Waals surface area (Å²) in [5.41, 5.74) is 2.76. The zero-order valence-corrected chi connectivity index (χ0v) is 15.6. The van der Waals surface area contributed by atoms with Crippen LogP contribution in [0.4, 0.5) is 5.69 Å². The van der Waals surface area contributed by atoms with Gasteiger partial charge >= 0.3 is 0 Å². The minimum atomic E-state index is 0.00341. The molecule has 2 aromatic carbocycles. The molecular weight excluding hydrogens is 342 g/mol. The number of carbonyl (C=O) groups is 1. The van der Waals surface area contributed by atoms with Gasteiger partial charge in [0.1, 0.15) is 18.1 Å². The molecule has 0 unspecified atom stereocenters. The lowest BCUT2D eigenvalue weighted by molar-refractivity contribution is 0.0679. The van der Waals surface area contributed by atoms with E-state index in [0.29, 0.717) is 17.9 Å². The van der Waals surface area contributed by atoms with E-state index in [1.54, 1.807) is 7.11 Å². The monoisotopic (exact) mass is 367 g/mol. The Bertz CT molecular complexity index is 814. The molecule has 1 amide bonds. The minimum absolute atomic E-state index is 0.00341. The summed E-state index contributed by atoms with van der Waals surface area (Å²) in [6, 6.07) is 13.3. The third-order valence-corrected chi connectivity index (χ3v) is 5.19. The van der Waals surface area contributed by atoms with Crippen LogP contribution in [0, 0.1) is 0 Å². The van der Waals surface area contributed by atoms with Crippen molar-refractivity contribution in [2.75, 3.05) is 31.8 Å². The number of ether oxygens (including phenoxy) is 3. The molecule has 27 heavy (non-hydrogen) atoms. The highest BCUT2D eigenvalue weighted by molar-refractivity contribution is 6.07. The first-order valence-corrected chi connectivity index (χ1v) is 9.58. The molecule has 2 aliphatic rings. The Kier molecular flexibility index (Phi) is 5.30. The first kappa shape index (κ1) is 17.9.